The van der Waals surface area contributed by atoms with Gasteiger partial charge in [-0.3, -0.25) is 4.90 Å². The molecule has 0 aliphatic carbocycles. The molecular weight excluding hydrogens is 298 g/mol. The molecule has 1 saturated heterocycles. The summed E-state index contributed by atoms with van der Waals surface area (Å²) in [5.41, 5.74) is 0. The molecule has 0 bridgehead atoms. The average molecular weight is 327 g/mol. The molecule has 2 heterocycles. The van der Waals surface area contributed by atoms with Crippen LogP contribution in [0, 0.1) is 6.92 Å². The Morgan fingerprint density at radius 2 is 2.27 bits per heavy atom. The van der Waals surface area contributed by atoms with E-state index < -0.39 is 6.10 Å². The maximum absolute atomic E-state index is 10.2. The van der Waals surface area contributed by atoms with Crippen LogP contribution < -0.4 is 0 Å². The molecule has 1 fully saturated rings. The van der Waals surface area contributed by atoms with Crippen molar-refractivity contribution in [1.29, 1.82) is 0 Å². The molecule has 4 nitrogen and oxygen atoms in total. The molecule has 1 aliphatic heterocycles. The van der Waals surface area contributed by atoms with Crippen LogP contribution in [0.15, 0.2) is 12.1 Å². The summed E-state index contributed by atoms with van der Waals surface area (Å²) in [6.45, 7) is 9.76. The summed E-state index contributed by atoms with van der Waals surface area (Å²) < 4.78 is 11.3. The summed E-state index contributed by atoms with van der Waals surface area (Å²) >= 11 is 1.82. The maximum atomic E-state index is 10.2. The Morgan fingerprint density at radius 3 is 2.86 bits per heavy atom. The number of ether oxygens (including phenoxy) is 2. The van der Waals surface area contributed by atoms with Crippen molar-refractivity contribution in [1.82, 2.24) is 4.90 Å². The van der Waals surface area contributed by atoms with E-state index in [0.717, 1.165) is 32.5 Å². The molecule has 1 aliphatic rings. The molecule has 2 atom stereocenters. The zero-order valence-corrected chi connectivity index (χ0v) is 14.8. The number of aliphatic hydroxyl groups excluding tert-OH is 1. The zero-order chi connectivity index (χ0) is 15.9. The highest BCUT2D eigenvalue weighted by Crippen LogP contribution is 2.20. The maximum Gasteiger partial charge on any atom is 0.0900 e. The number of hydrogen-bond donors (Lipinski definition) is 1. The fourth-order valence-electron chi connectivity index (χ4n) is 2.72. The molecule has 1 N–H and O–H groups in total. The molecule has 126 valence electrons. The predicted octanol–water partition coefficient (Wildman–Crippen LogP) is 2.82. The van der Waals surface area contributed by atoms with E-state index in [-0.39, 0.29) is 6.10 Å². The van der Waals surface area contributed by atoms with Crippen LogP contribution in [-0.2, 0) is 16.0 Å². The first-order valence-electron chi connectivity index (χ1n) is 8.22. The van der Waals surface area contributed by atoms with Crippen LogP contribution in [0.5, 0.6) is 0 Å². The topological polar surface area (TPSA) is 41.9 Å². The van der Waals surface area contributed by atoms with Crippen molar-refractivity contribution in [3.8, 4) is 0 Å². The predicted molar refractivity (Wildman–Crippen MR) is 90.4 cm³/mol. The third-order valence-electron chi connectivity index (χ3n) is 3.75. The van der Waals surface area contributed by atoms with Crippen molar-refractivity contribution in [3.63, 3.8) is 0 Å². The van der Waals surface area contributed by atoms with E-state index in [9.17, 15) is 5.11 Å². The molecule has 0 spiro atoms. The van der Waals surface area contributed by atoms with E-state index >= 15 is 0 Å². The average Bonchev–Trinajstić information content (AvgIpc) is 3.08. The van der Waals surface area contributed by atoms with Gasteiger partial charge >= 0.3 is 0 Å². The van der Waals surface area contributed by atoms with Crippen LogP contribution in [0.3, 0.4) is 0 Å². The fraction of sp³-hybridized carbons (Fsp3) is 0.765. The number of thiophene rings is 1. The van der Waals surface area contributed by atoms with Crippen molar-refractivity contribution in [2.24, 2.45) is 0 Å². The lowest BCUT2D eigenvalue weighted by molar-refractivity contribution is -0.0170. The monoisotopic (exact) mass is 327 g/mol. The molecule has 2 unspecified atom stereocenters. The van der Waals surface area contributed by atoms with E-state index in [1.807, 2.05) is 25.2 Å². The van der Waals surface area contributed by atoms with Gasteiger partial charge in [0.15, 0.2) is 0 Å². The van der Waals surface area contributed by atoms with Gasteiger partial charge in [-0.15, -0.1) is 11.3 Å². The van der Waals surface area contributed by atoms with Gasteiger partial charge in [0, 0.05) is 36.0 Å². The van der Waals surface area contributed by atoms with Gasteiger partial charge in [0.25, 0.3) is 0 Å². The van der Waals surface area contributed by atoms with Crippen LogP contribution in [-0.4, -0.2) is 54.6 Å². The first-order chi connectivity index (χ1) is 10.5. The summed E-state index contributed by atoms with van der Waals surface area (Å²) in [5.74, 6) is 0. The largest absolute Gasteiger partial charge is 0.389 e. The van der Waals surface area contributed by atoms with Crippen molar-refractivity contribution in [3.05, 3.63) is 21.9 Å². The highest BCUT2D eigenvalue weighted by Gasteiger charge is 2.21. The lowest BCUT2D eigenvalue weighted by Gasteiger charge is -2.27. The van der Waals surface area contributed by atoms with Gasteiger partial charge in [0.2, 0.25) is 0 Å². The quantitative estimate of drug-likeness (QED) is 0.757. The van der Waals surface area contributed by atoms with Gasteiger partial charge in [0.05, 0.1) is 24.9 Å². The van der Waals surface area contributed by atoms with E-state index in [1.165, 1.54) is 9.75 Å². The van der Waals surface area contributed by atoms with Crippen molar-refractivity contribution >= 4 is 11.3 Å². The standard InChI is InChI=1S/C17H29NO3S/c1-13(2)21-12-15(19)9-18(10-16-5-4-8-20-16)11-17-7-6-14(3)22-17/h6-7,13,15-16,19H,4-5,8-12H2,1-3H3. The minimum Gasteiger partial charge on any atom is -0.389 e. The Balaban J connectivity index is 1.88. The summed E-state index contributed by atoms with van der Waals surface area (Å²) in [4.78, 5) is 4.97. The van der Waals surface area contributed by atoms with E-state index in [0.29, 0.717) is 19.3 Å². The van der Waals surface area contributed by atoms with Crippen LogP contribution in [0.2, 0.25) is 0 Å². The SMILES string of the molecule is Cc1ccc(CN(CC(O)COC(C)C)CC2CCCO2)s1. The smallest absolute Gasteiger partial charge is 0.0900 e. The Labute approximate surface area is 138 Å². The third-order valence-corrected chi connectivity index (χ3v) is 4.74. The summed E-state index contributed by atoms with van der Waals surface area (Å²) in [5, 5.41) is 10.2. The minimum atomic E-state index is -0.454. The van der Waals surface area contributed by atoms with Gasteiger partial charge in [-0.1, -0.05) is 0 Å². The van der Waals surface area contributed by atoms with E-state index in [1.54, 1.807) is 0 Å². The Bertz CT molecular complexity index is 429. The van der Waals surface area contributed by atoms with Crippen molar-refractivity contribution < 1.29 is 14.6 Å². The lowest BCUT2D eigenvalue weighted by atomic mass is 10.2. The molecule has 0 radical (unpaired) electrons. The second-order valence-corrected chi connectivity index (χ2v) is 7.75. The molecule has 0 amide bonds. The minimum absolute atomic E-state index is 0.154. The fourth-order valence-corrected chi connectivity index (χ4v) is 3.66. The first-order valence-corrected chi connectivity index (χ1v) is 9.03. The van der Waals surface area contributed by atoms with Gasteiger partial charge in [0.1, 0.15) is 0 Å². The van der Waals surface area contributed by atoms with Gasteiger partial charge in [-0.2, -0.15) is 0 Å². The molecule has 5 heteroatoms. The molecule has 22 heavy (non-hydrogen) atoms. The summed E-state index contributed by atoms with van der Waals surface area (Å²) in [7, 11) is 0. The van der Waals surface area contributed by atoms with Crippen LogP contribution in [0.1, 0.15) is 36.4 Å². The normalized spacial score (nSPS) is 20.2. The van der Waals surface area contributed by atoms with Gasteiger partial charge in [-0.25, -0.2) is 0 Å². The summed E-state index contributed by atoms with van der Waals surface area (Å²) in [6, 6.07) is 4.34. The van der Waals surface area contributed by atoms with Crippen LogP contribution in [0.4, 0.5) is 0 Å². The molecule has 0 aromatic carbocycles. The van der Waals surface area contributed by atoms with Crippen molar-refractivity contribution in [2.75, 3.05) is 26.3 Å². The molecule has 1 aromatic heterocycles. The van der Waals surface area contributed by atoms with E-state index in [2.05, 4.69) is 24.0 Å². The Hall–Kier alpha value is -0.460. The Morgan fingerprint density at radius 1 is 1.45 bits per heavy atom. The van der Waals surface area contributed by atoms with Gasteiger partial charge in [-0.05, 0) is 45.7 Å². The Kier molecular flexibility index (Phi) is 7.31. The lowest BCUT2D eigenvalue weighted by Crippen LogP contribution is -2.39. The van der Waals surface area contributed by atoms with Crippen LogP contribution >= 0.6 is 11.3 Å². The molecule has 0 saturated carbocycles. The number of hydrogen-bond acceptors (Lipinski definition) is 5. The summed E-state index contributed by atoms with van der Waals surface area (Å²) in [6.07, 6.45) is 2.28. The number of nitrogens with zero attached hydrogens (tertiary/aromatic N) is 1. The number of rotatable bonds is 9. The number of aliphatic hydroxyl groups is 1. The van der Waals surface area contributed by atoms with Crippen molar-refractivity contribution in [2.45, 2.75) is 58.5 Å². The second kappa shape index (κ2) is 8.99. The molecular formula is C17H29NO3S. The molecule has 1 aromatic rings. The second-order valence-electron chi connectivity index (χ2n) is 6.38. The third kappa shape index (κ3) is 6.34. The highest BCUT2D eigenvalue weighted by molar-refractivity contribution is 7.11. The number of aryl methyl sites for hydroxylation is 1. The van der Waals surface area contributed by atoms with Gasteiger partial charge < -0.3 is 14.6 Å². The van der Waals surface area contributed by atoms with E-state index in [4.69, 9.17) is 9.47 Å². The zero-order valence-electron chi connectivity index (χ0n) is 14.0. The highest BCUT2D eigenvalue weighted by atomic mass is 32.1. The molecule has 2 rings (SSSR count). The van der Waals surface area contributed by atoms with Crippen LogP contribution in [0.25, 0.3) is 0 Å². The first kappa shape index (κ1) is 17.9.